The summed E-state index contributed by atoms with van der Waals surface area (Å²) in [5, 5.41) is 0. The summed E-state index contributed by atoms with van der Waals surface area (Å²) in [5.41, 5.74) is 0.773. The van der Waals surface area contributed by atoms with Crippen molar-refractivity contribution in [3.05, 3.63) is 65.5 Å². The first kappa shape index (κ1) is 24.5. The zero-order valence-electron chi connectivity index (χ0n) is 18.5. The van der Waals surface area contributed by atoms with Crippen LogP contribution in [-0.4, -0.2) is 61.4 Å². The Hall–Kier alpha value is -2.66. The minimum absolute atomic E-state index is 0.0163. The van der Waals surface area contributed by atoms with Gasteiger partial charge in [-0.05, 0) is 24.1 Å². The number of piperidine rings is 1. The molecule has 3 heterocycles. The van der Waals surface area contributed by atoms with Gasteiger partial charge in [0.2, 0.25) is 15.9 Å². The van der Waals surface area contributed by atoms with Crippen molar-refractivity contribution in [2.24, 2.45) is 0 Å². The average molecular weight is 500 g/mol. The van der Waals surface area contributed by atoms with Crippen molar-refractivity contribution >= 4 is 21.6 Å². The summed E-state index contributed by atoms with van der Waals surface area (Å²) in [6, 6.07) is 12.2. The second kappa shape index (κ2) is 9.18. The summed E-state index contributed by atoms with van der Waals surface area (Å²) >= 11 is 0. The Labute approximate surface area is 195 Å². The minimum Gasteiger partial charge on any atom is -0.362 e. The molecule has 2 aromatic rings. The molecule has 2 bridgehead atoms. The molecule has 184 valence electrons. The highest BCUT2D eigenvalue weighted by atomic mass is 32.2. The minimum atomic E-state index is -4.78. The number of carbonyl (C=O) groups excluding carboxylic acids is 1. The highest BCUT2D eigenvalue weighted by molar-refractivity contribution is 7.88. The summed E-state index contributed by atoms with van der Waals surface area (Å²) in [4.78, 5) is 15.4. The van der Waals surface area contributed by atoms with Crippen molar-refractivity contribution < 1.29 is 30.8 Å². The fraction of sp³-hybridized carbons (Fsp3) is 0.435. The van der Waals surface area contributed by atoms with Crippen LogP contribution in [0.5, 0.6) is 0 Å². The first-order chi connectivity index (χ1) is 15.9. The van der Waals surface area contributed by atoms with Gasteiger partial charge in [-0.3, -0.25) is 4.79 Å². The van der Waals surface area contributed by atoms with Gasteiger partial charge in [0.1, 0.15) is 12.4 Å². The predicted octanol–water partition coefficient (Wildman–Crippen LogP) is 3.53. The van der Waals surface area contributed by atoms with E-state index in [4.69, 9.17) is 0 Å². The second-order valence-electron chi connectivity index (χ2n) is 8.78. The lowest BCUT2D eigenvalue weighted by molar-refractivity contribution is -0.137. The van der Waals surface area contributed by atoms with Gasteiger partial charge in [-0.2, -0.15) is 17.5 Å². The van der Waals surface area contributed by atoms with Crippen LogP contribution in [0.2, 0.25) is 0 Å². The normalized spacial score (nSPS) is 20.4. The van der Waals surface area contributed by atoms with Gasteiger partial charge in [0.15, 0.2) is 0 Å². The summed E-state index contributed by atoms with van der Waals surface area (Å²) in [6.45, 7) is 0.132. The maximum atomic E-state index is 15.0. The van der Waals surface area contributed by atoms with E-state index in [1.165, 1.54) is 31.2 Å². The Morgan fingerprint density at radius 1 is 1.09 bits per heavy atom. The lowest BCUT2D eigenvalue weighted by atomic mass is 9.86. The van der Waals surface area contributed by atoms with E-state index in [1.54, 1.807) is 29.2 Å². The highest BCUT2D eigenvalue weighted by Gasteiger charge is 2.45. The summed E-state index contributed by atoms with van der Waals surface area (Å²) in [5.74, 6) is -1.40. The SMILES string of the molecule is CC(=O)N1CC2CC(C1)N2c1ccc(CN(CC(F)(F)F)S(=O)(=O)Cc2ccccc2)c(F)c1. The Kier molecular flexibility index (Phi) is 6.61. The number of carbonyl (C=O) groups is 1. The molecule has 0 N–H and O–H groups in total. The van der Waals surface area contributed by atoms with Gasteiger partial charge in [-0.15, -0.1) is 0 Å². The summed E-state index contributed by atoms with van der Waals surface area (Å²) in [7, 11) is -4.37. The molecule has 1 amide bonds. The largest absolute Gasteiger partial charge is 0.402 e. The van der Waals surface area contributed by atoms with Crippen molar-refractivity contribution in [3.8, 4) is 0 Å². The number of anilines is 1. The molecule has 6 nitrogen and oxygen atoms in total. The van der Waals surface area contributed by atoms with Crippen LogP contribution in [0, 0.1) is 5.82 Å². The Bertz CT molecular complexity index is 1150. The maximum Gasteiger partial charge on any atom is 0.402 e. The first-order valence-corrected chi connectivity index (χ1v) is 12.4. The average Bonchev–Trinajstić information content (AvgIpc) is 2.74. The third-order valence-corrected chi connectivity index (χ3v) is 8.00. The Morgan fingerprint density at radius 2 is 1.74 bits per heavy atom. The number of amides is 1. The zero-order valence-corrected chi connectivity index (χ0v) is 19.3. The summed E-state index contributed by atoms with van der Waals surface area (Å²) in [6.07, 6.45) is -3.90. The van der Waals surface area contributed by atoms with Crippen LogP contribution in [0.3, 0.4) is 0 Å². The Morgan fingerprint density at radius 3 is 2.29 bits per heavy atom. The Balaban J connectivity index is 1.52. The molecule has 5 rings (SSSR count). The van der Waals surface area contributed by atoms with E-state index in [-0.39, 0.29) is 27.9 Å². The molecule has 2 unspecified atom stereocenters. The molecule has 2 atom stereocenters. The highest BCUT2D eigenvalue weighted by Crippen LogP contribution is 2.38. The van der Waals surface area contributed by atoms with Gasteiger partial charge in [0, 0.05) is 49.9 Å². The number of rotatable bonds is 7. The third-order valence-electron chi connectivity index (χ3n) is 6.26. The lowest BCUT2D eigenvalue weighted by Crippen LogP contribution is -2.69. The van der Waals surface area contributed by atoms with E-state index < -0.39 is 40.9 Å². The van der Waals surface area contributed by atoms with Crippen molar-refractivity contribution in [3.63, 3.8) is 0 Å². The zero-order chi connectivity index (χ0) is 24.7. The quantitative estimate of drug-likeness (QED) is 0.547. The molecule has 0 aromatic heterocycles. The number of nitrogens with zero attached hydrogens (tertiary/aromatic N) is 3. The van der Waals surface area contributed by atoms with Crippen LogP contribution in [0.4, 0.5) is 23.2 Å². The number of sulfonamides is 1. The molecule has 11 heteroatoms. The molecule has 0 radical (unpaired) electrons. The van der Waals surface area contributed by atoms with Crippen molar-refractivity contribution in [2.45, 2.75) is 43.9 Å². The van der Waals surface area contributed by atoms with Gasteiger partial charge in [-0.25, -0.2) is 12.8 Å². The molecular weight excluding hydrogens is 474 g/mol. The van der Waals surface area contributed by atoms with Crippen LogP contribution < -0.4 is 4.90 Å². The first-order valence-electron chi connectivity index (χ1n) is 10.8. The van der Waals surface area contributed by atoms with Crippen LogP contribution in [0.1, 0.15) is 24.5 Å². The fourth-order valence-corrected chi connectivity index (χ4v) is 6.11. The van der Waals surface area contributed by atoms with E-state index in [2.05, 4.69) is 0 Å². The van der Waals surface area contributed by atoms with E-state index in [0.29, 0.717) is 24.3 Å². The van der Waals surface area contributed by atoms with E-state index in [1.807, 2.05) is 4.90 Å². The molecule has 2 aromatic carbocycles. The topological polar surface area (TPSA) is 60.9 Å². The molecule has 0 saturated carbocycles. The van der Waals surface area contributed by atoms with Crippen LogP contribution >= 0.6 is 0 Å². The second-order valence-corrected chi connectivity index (χ2v) is 10.7. The number of halogens is 4. The van der Waals surface area contributed by atoms with Gasteiger partial charge >= 0.3 is 6.18 Å². The number of hydrogen-bond donors (Lipinski definition) is 0. The van der Waals surface area contributed by atoms with E-state index in [0.717, 1.165) is 6.42 Å². The van der Waals surface area contributed by atoms with E-state index >= 15 is 0 Å². The van der Waals surface area contributed by atoms with Crippen molar-refractivity contribution in [1.82, 2.24) is 9.21 Å². The summed E-state index contributed by atoms with van der Waals surface area (Å²) < 4.78 is 80.4. The number of hydrogen-bond acceptors (Lipinski definition) is 4. The standard InChI is InChI=1S/C23H25F4N3O3S/c1-16(31)28-12-20-9-21(13-28)30(20)19-8-7-18(22(24)10-19)11-29(15-23(25,26)27)34(32,33)14-17-5-3-2-4-6-17/h2-8,10,20-21H,9,11-15H2,1H3. The number of piperazine rings is 1. The van der Waals surface area contributed by atoms with Gasteiger partial charge < -0.3 is 9.80 Å². The smallest absolute Gasteiger partial charge is 0.362 e. The monoisotopic (exact) mass is 499 g/mol. The molecule has 3 aliphatic heterocycles. The van der Waals surface area contributed by atoms with Crippen LogP contribution in [-0.2, 0) is 27.1 Å². The molecule has 34 heavy (non-hydrogen) atoms. The predicted molar refractivity (Wildman–Crippen MR) is 119 cm³/mol. The van der Waals surface area contributed by atoms with Crippen LogP contribution in [0.15, 0.2) is 48.5 Å². The molecule has 3 fully saturated rings. The number of fused-ring (bicyclic) bond motifs is 2. The molecule has 3 aliphatic rings. The number of alkyl halides is 3. The van der Waals surface area contributed by atoms with Gasteiger partial charge in [-0.1, -0.05) is 36.4 Å². The lowest BCUT2D eigenvalue weighted by Gasteiger charge is -2.57. The van der Waals surface area contributed by atoms with Crippen LogP contribution in [0.25, 0.3) is 0 Å². The third kappa shape index (κ3) is 5.35. The van der Waals surface area contributed by atoms with Crippen molar-refractivity contribution in [1.29, 1.82) is 0 Å². The van der Waals surface area contributed by atoms with E-state index in [9.17, 15) is 30.8 Å². The fourth-order valence-electron chi connectivity index (χ4n) is 4.63. The maximum absolute atomic E-state index is 15.0. The molecule has 3 saturated heterocycles. The van der Waals surface area contributed by atoms with Crippen molar-refractivity contribution in [2.75, 3.05) is 24.5 Å². The molecule has 0 aliphatic carbocycles. The molecular formula is C23H25F4N3O3S. The number of benzene rings is 2. The van der Waals surface area contributed by atoms with Gasteiger partial charge in [0.25, 0.3) is 0 Å². The van der Waals surface area contributed by atoms with Gasteiger partial charge in [0.05, 0.1) is 5.75 Å². The molecule has 0 spiro atoms.